The summed E-state index contributed by atoms with van der Waals surface area (Å²) in [4.78, 5) is 40.5. The van der Waals surface area contributed by atoms with Crippen LogP contribution in [0.3, 0.4) is 0 Å². The number of carbonyl (C=O) groups excluding carboxylic acids is 3. The van der Waals surface area contributed by atoms with Crippen LogP contribution in [0, 0.1) is 13.8 Å². The molecule has 0 saturated carbocycles. The highest BCUT2D eigenvalue weighted by Gasteiger charge is 2.37. The van der Waals surface area contributed by atoms with E-state index in [0.29, 0.717) is 0 Å². The van der Waals surface area contributed by atoms with Gasteiger partial charge >= 0.3 is 6.09 Å². The molecular formula is C24H39N3O4. The summed E-state index contributed by atoms with van der Waals surface area (Å²) in [7, 11) is 0. The van der Waals surface area contributed by atoms with Crippen molar-refractivity contribution in [3.63, 3.8) is 0 Å². The van der Waals surface area contributed by atoms with Gasteiger partial charge in [-0.05, 0) is 80.4 Å². The molecule has 7 heteroatoms. The van der Waals surface area contributed by atoms with Gasteiger partial charge in [-0.2, -0.15) is 0 Å². The molecule has 0 aliphatic carbocycles. The van der Waals surface area contributed by atoms with Gasteiger partial charge in [-0.1, -0.05) is 23.8 Å². The molecule has 0 radical (unpaired) electrons. The van der Waals surface area contributed by atoms with Crippen molar-refractivity contribution in [1.29, 1.82) is 0 Å². The lowest BCUT2D eigenvalue weighted by molar-refractivity contribution is -0.144. The molecule has 0 aromatic heterocycles. The second kappa shape index (κ2) is 10.6. The van der Waals surface area contributed by atoms with E-state index in [2.05, 4.69) is 10.6 Å². The zero-order valence-corrected chi connectivity index (χ0v) is 20.6. The molecule has 1 aromatic rings. The molecule has 2 atom stereocenters. The molecule has 174 valence electrons. The van der Waals surface area contributed by atoms with Crippen molar-refractivity contribution < 1.29 is 19.1 Å². The lowest BCUT2D eigenvalue weighted by atomic mass is 9.95. The molecule has 2 N–H and O–H groups in total. The molecule has 0 fully saturated rings. The standard InChI is InChI=1S/C24H39N3O4/c1-14(2)25-21(28)20(19-13-16(5)11-12-17(19)6)27(15(3)4)22(29)18(7)26-23(30)31-24(8,9)10/h11-15,18,20H,1-10H3,(H,25,28)(H,26,30). The summed E-state index contributed by atoms with van der Waals surface area (Å²) in [5, 5.41) is 5.54. The van der Waals surface area contributed by atoms with Gasteiger partial charge in [0.15, 0.2) is 0 Å². The van der Waals surface area contributed by atoms with Crippen molar-refractivity contribution in [2.24, 2.45) is 0 Å². The lowest BCUT2D eigenvalue weighted by Crippen LogP contribution is -2.54. The van der Waals surface area contributed by atoms with Gasteiger partial charge in [-0.3, -0.25) is 9.59 Å². The Labute approximate surface area is 186 Å². The molecule has 0 aliphatic heterocycles. The molecule has 31 heavy (non-hydrogen) atoms. The number of benzene rings is 1. The normalized spacial score (nSPS) is 13.5. The number of ether oxygens (including phenoxy) is 1. The van der Waals surface area contributed by atoms with Crippen LogP contribution in [0.2, 0.25) is 0 Å². The molecule has 1 rings (SSSR count). The summed E-state index contributed by atoms with van der Waals surface area (Å²) in [6.07, 6.45) is -0.674. The third-order valence-corrected chi connectivity index (χ3v) is 4.60. The minimum absolute atomic E-state index is 0.0819. The Morgan fingerprint density at radius 1 is 0.968 bits per heavy atom. The fourth-order valence-corrected chi connectivity index (χ4v) is 3.28. The monoisotopic (exact) mass is 433 g/mol. The smallest absolute Gasteiger partial charge is 0.408 e. The van der Waals surface area contributed by atoms with E-state index in [4.69, 9.17) is 4.74 Å². The number of amides is 3. The van der Waals surface area contributed by atoms with Crippen LogP contribution in [0.15, 0.2) is 18.2 Å². The molecule has 0 heterocycles. The first-order valence-electron chi connectivity index (χ1n) is 10.8. The molecule has 1 aromatic carbocycles. The third kappa shape index (κ3) is 7.89. The predicted molar refractivity (Wildman–Crippen MR) is 123 cm³/mol. The van der Waals surface area contributed by atoms with Crippen molar-refractivity contribution in [2.45, 2.75) is 99.0 Å². The zero-order chi connectivity index (χ0) is 24.1. The number of hydrogen-bond acceptors (Lipinski definition) is 4. The van der Waals surface area contributed by atoms with Crippen LogP contribution in [0.4, 0.5) is 4.79 Å². The largest absolute Gasteiger partial charge is 0.444 e. The van der Waals surface area contributed by atoms with E-state index < -0.39 is 23.8 Å². The SMILES string of the molecule is Cc1ccc(C)c(C(C(=O)NC(C)C)N(C(=O)C(C)NC(=O)OC(C)(C)C)C(C)C)c1. The van der Waals surface area contributed by atoms with Crippen molar-refractivity contribution >= 4 is 17.9 Å². The van der Waals surface area contributed by atoms with Gasteiger partial charge in [0, 0.05) is 12.1 Å². The van der Waals surface area contributed by atoms with E-state index in [-0.39, 0.29) is 23.9 Å². The van der Waals surface area contributed by atoms with Gasteiger partial charge in [-0.15, -0.1) is 0 Å². The number of aryl methyl sites for hydroxylation is 2. The number of nitrogens with one attached hydrogen (secondary N) is 2. The maximum Gasteiger partial charge on any atom is 0.408 e. The molecule has 3 amide bonds. The Morgan fingerprint density at radius 2 is 1.55 bits per heavy atom. The van der Waals surface area contributed by atoms with Crippen molar-refractivity contribution in [3.8, 4) is 0 Å². The summed E-state index contributed by atoms with van der Waals surface area (Å²) in [5.41, 5.74) is 2.01. The maximum atomic E-state index is 13.5. The van der Waals surface area contributed by atoms with Gasteiger partial charge in [-0.25, -0.2) is 4.79 Å². The fraction of sp³-hybridized carbons (Fsp3) is 0.625. The van der Waals surface area contributed by atoms with Crippen molar-refractivity contribution in [2.75, 3.05) is 0 Å². The van der Waals surface area contributed by atoms with Crippen LogP contribution in [-0.4, -0.2) is 46.5 Å². The van der Waals surface area contributed by atoms with Crippen molar-refractivity contribution in [3.05, 3.63) is 34.9 Å². The topological polar surface area (TPSA) is 87.7 Å². The summed E-state index contributed by atoms with van der Waals surface area (Å²) in [6.45, 7) is 18.2. The minimum Gasteiger partial charge on any atom is -0.444 e. The summed E-state index contributed by atoms with van der Waals surface area (Å²) < 4.78 is 5.28. The van der Waals surface area contributed by atoms with Gasteiger partial charge in [0.2, 0.25) is 11.8 Å². The van der Waals surface area contributed by atoms with Crippen molar-refractivity contribution in [1.82, 2.24) is 15.5 Å². The third-order valence-electron chi connectivity index (χ3n) is 4.60. The average molecular weight is 434 g/mol. The van der Waals surface area contributed by atoms with Crippen LogP contribution < -0.4 is 10.6 Å². The molecule has 0 aliphatic rings. The number of carbonyl (C=O) groups is 3. The first-order valence-corrected chi connectivity index (χ1v) is 10.8. The minimum atomic E-state index is -0.864. The van der Waals surface area contributed by atoms with Crippen LogP contribution in [0.1, 0.15) is 78.1 Å². The highest BCUT2D eigenvalue weighted by atomic mass is 16.6. The van der Waals surface area contributed by atoms with Gasteiger partial charge in [0.05, 0.1) is 0 Å². The molecule has 7 nitrogen and oxygen atoms in total. The predicted octanol–water partition coefficient (Wildman–Crippen LogP) is 4.02. The van der Waals surface area contributed by atoms with E-state index >= 15 is 0 Å². The molecule has 0 saturated heterocycles. The quantitative estimate of drug-likeness (QED) is 0.680. The van der Waals surface area contributed by atoms with Gasteiger partial charge < -0.3 is 20.3 Å². The number of nitrogens with zero attached hydrogens (tertiary/aromatic N) is 1. The Morgan fingerprint density at radius 3 is 2.03 bits per heavy atom. The van der Waals surface area contributed by atoms with Gasteiger partial charge in [0.25, 0.3) is 0 Å². The van der Waals surface area contributed by atoms with E-state index in [0.717, 1.165) is 16.7 Å². The zero-order valence-electron chi connectivity index (χ0n) is 20.6. The summed E-state index contributed by atoms with van der Waals surface area (Å²) >= 11 is 0. The summed E-state index contributed by atoms with van der Waals surface area (Å²) in [6, 6.07) is 3.82. The van der Waals surface area contributed by atoms with E-state index in [1.807, 2.05) is 59.7 Å². The Bertz CT molecular complexity index is 797. The first-order chi connectivity index (χ1) is 14.1. The second-order valence-corrected chi connectivity index (χ2v) is 9.63. The average Bonchev–Trinajstić information content (AvgIpc) is 2.58. The van der Waals surface area contributed by atoms with Crippen LogP contribution in [0.5, 0.6) is 0 Å². The first kappa shape index (κ1) is 26.5. The van der Waals surface area contributed by atoms with Crippen LogP contribution in [0.25, 0.3) is 0 Å². The van der Waals surface area contributed by atoms with E-state index in [9.17, 15) is 14.4 Å². The summed E-state index contributed by atoms with van der Waals surface area (Å²) in [5.74, 6) is -0.610. The Hall–Kier alpha value is -2.57. The number of hydrogen-bond donors (Lipinski definition) is 2. The second-order valence-electron chi connectivity index (χ2n) is 9.63. The Balaban J connectivity index is 3.36. The van der Waals surface area contributed by atoms with Crippen LogP contribution in [-0.2, 0) is 14.3 Å². The number of rotatable bonds is 7. The van der Waals surface area contributed by atoms with E-state index in [1.54, 1.807) is 32.6 Å². The van der Waals surface area contributed by atoms with Crippen LogP contribution >= 0.6 is 0 Å². The fourth-order valence-electron chi connectivity index (χ4n) is 3.28. The maximum absolute atomic E-state index is 13.5. The number of alkyl carbamates (subject to hydrolysis) is 1. The molecule has 0 spiro atoms. The highest BCUT2D eigenvalue weighted by Crippen LogP contribution is 2.28. The van der Waals surface area contributed by atoms with E-state index in [1.165, 1.54) is 0 Å². The molecular weight excluding hydrogens is 394 g/mol. The Kier molecular flexibility index (Phi) is 9.09. The highest BCUT2D eigenvalue weighted by molar-refractivity contribution is 5.92. The lowest BCUT2D eigenvalue weighted by Gasteiger charge is -2.37. The molecule has 0 bridgehead atoms. The van der Waals surface area contributed by atoms with Gasteiger partial charge in [0.1, 0.15) is 17.7 Å². The molecule has 2 unspecified atom stereocenters.